The number of rotatable bonds is 2. The van der Waals surface area contributed by atoms with Gasteiger partial charge in [0.1, 0.15) is 0 Å². The molecule has 2 atom stereocenters. The van der Waals surface area contributed by atoms with Gasteiger partial charge in [-0.25, -0.2) is 0 Å². The van der Waals surface area contributed by atoms with Crippen LogP contribution in [0.25, 0.3) is 0 Å². The molecule has 1 aromatic carbocycles. The van der Waals surface area contributed by atoms with Crippen LogP contribution >= 0.6 is 0 Å². The van der Waals surface area contributed by atoms with E-state index in [1.54, 1.807) is 5.19 Å². The molecule has 0 saturated carbocycles. The zero-order valence-electron chi connectivity index (χ0n) is 9.70. The summed E-state index contributed by atoms with van der Waals surface area (Å²) < 4.78 is 6.11. The Labute approximate surface area is 96.9 Å². The molecule has 1 fully saturated rings. The first-order valence-electron chi connectivity index (χ1n) is 5.91. The third-order valence-electron chi connectivity index (χ3n) is 3.71. The van der Waals surface area contributed by atoms with Crippen molar-refractivity contribution >= 4 is 24.2 Å². The molecule has 2 rings (SSSR count). The summed E-state index contributed by atoms with van der Waals surface area (Å²) in [6.07, 6.45) is 3.94. The van der Waals surface area contributed by atoms with Crippen molar-refractivity contribution in [2.45, 2.75) is 30.7 Å². The van der Waals surface area contributed by atoms with Gasteiger partial charge in [0.2, 0.25) is 0 Å². The third kappa shape index (κ3) is 2.41. The Kier molecular flexibility index (Phi) is 3.43. The highest BCUT2D eigenvalue weighted by molar-refractivity contribution is 6.80. The van der Waals surface area contributed by atoms with Gasteiger partial charge in [-0.3, -0.25) is 0 Å². The molecule has 0 amide bonds. The molecule has 0 N–H and O–H groups in total. The van der Waals surface area contributed by atoms with E-state index in [9.17, 15) is 0 Å². The van der Waals surface area contributed by atoms with Crippen LogP contribution in [0.3, 0.4) is 0 Å². The second-order valence-corrected chi connectivity index (χ2v) is 10.9. The van der Waals surface area contributed by atoms with Crippen LogP contribution in [-0.4, -0.2) is 30.5 Å². The smallest absolute Gasteiger partial charge is 0.0995 e. The lowest BCUT2D eigenvalue weighted by atomic mass is 10.2. The molecular weight excluding hydrogens is 216 g/mol. The van der Waals surface area contributed by atoms with Crippen LogP contribution in [0.5, 0.6) is 0 Å². The zero-order valence-corrected chi connectivity index (χ0v) is 12.9. The van der Waals surface area contributed by atoms with E-state index in [1.807, 2.05) is 0 Å². The fraction of sp³-hybridized carbons (Fsp3) is 0.500. The minimum atomic E-state index is -0.917. The fourth-order valence-corrected chi connectivity index (χ4v) is 6.46. The molecule has 1 aliphatic rings. The van der Waals surface area contributed by atoms with E-state index in [0.717, 1.165) is 6.61 Å². The molecule has 1 saturated heterocycles. The van der Waals surface area contributed by atoms with Gasteiger partial charge in [0, 0.05) is 21.7 Å². The van der Waals surface area contributed by atoms with E-state index in [4.69, 9.17) is 4.74 Å². The first kappa shape index (κ1) is 11.1. The maximum atomic E-state index is 6.11. The molecule has 0 bridgehead atoms. The van der Waals surface area contributed by atoms with E-state index in [2.05, 4.69) is 36.9 Å². The maximum Gasteiger partial charge on any atom is 0.0995 e. The Morgan fingerprint density at radius 1 is 1.27 bits per heavy atom. The van der Waals surface area contributed by atoms with E-state index in [-0.39, 0.29) is 0 Å². The molecule has 0 aliphatic carbocycles. The van der Waals surface area contributed by atoms with Crippen molar-refractivity contribution in [3.05, 3.63) is 30.3 Å². The summed E-state index contributed by atoms with van der Waals surface area (Å²) in [5.74, 6) is 0. The van der Waals surface area contributed by atoms with Crippen LogP contribution in [0.15, 0.2) is 30.3 Å². The van der Waals surface area contributed by atoms with E-state index in [0.29, 0.717) is 4.85 Å². The SMILES string of the molecule is C[SiH](c1ccccc1)C1([SiH3])CCCCO1. The molecule has 2 unspecified atom stereocenters. The standard InChI is InChI=1S/C12H20OSi2/c1-15(11-7-3-2-4-8-11)12(14)9-5-6-10-13-12/h2-4,7-8,15H,5-6,9-10H2,1,14H3. The number of ether oxygens (including phenoxy) is 1. The molecule has 15 heavy (non-hydrogen) atoms. The summed E-state index contributed by atoms with van der Waals surface area (Å²) in [7, 11) is 0.271. The summed E-state index contributed by atoms with van der Waals surface area (Å²) >= 11 is 0. The highest BCUT2D eigenvalue weighted by Gasteiger charge is 2.35. The average Bonchev–Trinajstić information content (AvgIpc) is 2.30. The summed E-state index contributed by atoms with van der Waals surface area (Å²) in [5, 5.41) is 1.56. The van der Waals surface area contributed by atoms with Crippen molar-refractivity contribution in [3.63, 3.8) is 0 Å². The van der Waals surface area contributed by atoms with Crippen molar-refractivity contribution in [3.8, 4) is 0 Å². The monoisotopic (exact) mass is 236 g/mol. The lowest BCUT2D eigenvalue weighted by Gasteiger charge is -2.38. The minimum absolute atomic E-state index is 0.319. The van der Waals surface area contributed by atoms with E-state index in [1.165, 1.54) is 29.5 Å². The average molecular weight is 236 g/mol. The largest absolute Gasteiger partial charge is 0.383 e. The maximum absolute atomic E-state index is 6.11. The first-order valence-corrected chi connectivity index (χ1v) is 9.22. The van der Waals surface area contributed by atoms with Crippen LogP contribution in [0, 0.1) is 0 Å². The van der Waals surface area contributed by atoms with Gasteiger partial charge in [-0.05, 0) is 19.3 Å². The molecule has 0 radical (unpaired) electrons. The Balaban J connectivity index is 2.16. The number of hydrogen-bond acceptors (Lipinski definition) is 1. The fourth-order valence-electron chi connectivity index (χ4n) is 2.39. The molecule has 82 valence electrons. The molecule has 0 aromatic heterocycles. The van der Waals surface area contributed by atoms with Crippen molar-refractivity contribution in [2.24, 2.45) is 0 Å². The predicted octanol–water partition coefficient (Wildman–Crippen LogP) is 0.552. The van der Waals surface area contributed by atoms with Gasteiger partial charge in [0.25, 0.3) is 0 Å². The lowest BCUT2D eigenvalue weighted by molar-refractivity contribution is 0.0343. The Bertz CT molecular complexity index is 307. The van der Waals surface area contributed by atoms with Gasteiger partial charge in [-0.2, -0.15) is 0 Å². The van der Waals surface area contributed by atoms with Crippen LogP contribution in [0.4, 0.5) is 0 Å². The van der Waals surface area contributed by atoms with E-state index < -0.39 is 8.80 Å². The van der Waals surface area contributed by atoms with Gasteiger partial charge in [0.15, 0.2) is 0 Å². The second-order valence-electron chi connectivity index (χ2n) is 4.75. The summed E-state index contributed by atoms with van der Waals surface area (Å²) in [6.45, 7) is 3.45. The highest BCUT2D eigenvalue weighted by Crippen LogP contribution is 2.24. The van der Waals surface area contributed by atoms with Gasteiger partial charge in [0.05, 0.1) is 8.80 Å². The summed E-state index contributed by atoms with van der Waals surface area (Å²) in [6, 6.07) is 11.0. The van der Waals surface area contributed by atoms with Crippen molar-refractivity contribution in [1.82, 2.24) is 0 Å². The molecular formula is C12H20OSi2. The molecule has 0 spiro atoms. The molecule has 1 heterocycles. The lowest BCUT2D eigenvalue weighted by Crippen LogP contribution is -2.55. The number of benzene rings is 1. The molecule has 1 nitrogen and oxygen atoms in total. The Hall–Kier alpha value is -0.386. The quantitative estimate of drug-likeness (QED) is 0.682. The van der Waals surface area contributed by atoms with Crippen LogP contribution in [0.1, 0.15) is 19.3 Å². The Morgan fingerprint density at radius 2 is 2.00 bits per heavy atom. The second kappa shape index (κ2) is 4.64. The normalized spacial score (nSPS) is 28.9. The van der Waals surface area contributed by atoms with Gasteiger partial charge in [-0.15, -0.1) is 0 Å². The third-order valence-corrected chi connectivity index (χ3v) is 10.8. The molecule has 1 aliphatic heterocycles. The van der Waals surface area contributed by atoms with Crippen LogP contribution in [-0.2, 0) is 4.74 Å². The summed E-state index contributed by atoms with van der Waals surface area (Å²) in [5.41, 5.74) is 0. The van der Waals surface area contributed by atoms with E-state index >= 15 is 0 Å². The molecule has 3 heteroatoms. The van der Waals surface area contributed by atoms with Gasteiger partial charge in [-0.1, -0.05) is 42.1 Å². The Morgan fingerprint density at radius 3 is 2.60 bits per heavy atom. The van der Waals surface area contributed by atoms with Crippen molar-refractivity contribution in [1.29, 1.82) is 0 Å². The highest BCUT2D eigenvalue weighted by atomic mass is 28.3. The zero-order chi connectivity index (χ0) is 10.7. The summed E-state index contributed by atoms with van der Waals surface area (Å²) in [4.78, 5) is 0.319. The topological polar surface area (TPSA) is 9.23 Å². The van der Waals surface area contributed by atoms with Crippen molar-refractivity contribution in [2.75, 3.05) is 6.61 Å². The van der Waals surface area contributed by atoms with Crippen LogP contribution in [0.2, 0.25) is 6.55 Å². The van der Waals surface area contributed by atoms with Crippen LogP contribution < -0.4 is 5.19 Å². The van der Waals surface area contributed by atoms with Gasteiger partial charge < -0.3 is 4.74 Å². The molecule has 1 aromatic rings. The van der Waals surface area contributed by atoms with Crippen molar-refractivity contribution < 1.29 is 4.74 Å². The minimum Gasteiger partial charge on any atom is -0.383 e. The van der Waals surface area contributed by atoms with Gasteiger partial charge >= 0.3 is 0 Å². The number of hydrogen-bond donors (Lipinski definition) is 0. The first-order chi connectivity index (χ1) is 7.22. The predicted molar refractivity (Wildman–Crippen MR) is 71.6 cm³/mol.